The Kier molecular flexibility index (Phi) is 6.00. The van der Waals surface area contributed by atoms with Crippen molar-refractivity contribution in [1.82, 2.24) is 10.3 Å². The molecule has 108 valence electrons. The van der Waals surface area contributed by atoms with Gasteiger partial charge in [0, 0.05) is 30.4 Å². The molecule has 2 rings (SSSR count). The summed E-state index contributed by atoms with van der Waals surface area (Å²) in [5, 5.41) is 6.29. The summed E-state index contributed by atoms with van der Waals surface area (Å²) in [6.45, 7) is 5.49. The van der Waals surface area contributed by atoms with E-state index in [0.29, 0.717) is 6.04 Å². The summed E-state index contributed by atoms with van der Waals surface area (Å²) < 4.78 is 0. The Morgan fingerprint density at radius 1 is 1.10 bits per heavy atom. The van der Waals surface area contributed by atoms with E-state index in [2.05, 4.69) is 48.4 Å². The minimum absolute atomic E-state index is 0.650. The van der Waals surface area contributed by atoms with E-state index >= 15 is 0 Å². The van der Waals surface area contributed by atoms with Crippen LogP contribution in [0.15, 0.2) is 36.7 Å². The molecule has 0 bridgehead atoms. The molecule has 0 fully saturated rings. The second kappa shape index (κ2) is 8.01. The first-order valence-corrected chi connectivity index (χ1v) is 7.90. The molecule has 1 aromatic carbocycles. The Morgan fingerprint density at radius 2 is 2.00 bits per heavy atom. The van der Waals surface area contributed by atoms with Crippen molar-refractivity contribution in [3.63, 3.8) is 0 Å². The van der Waals surface area contributed by atoms with Crippen molar-refractivity contribution in [2.45, 2.75) is 58.5 Å². The highest BCUT2D eigenvalue weighted by Gasteiger charge is 2.07. The molecule has 0 saturated heterocycles. The molecule has 2 heteroatoms. The number of pyridine rings is 1. The molecule has 1 unspecified atom stereocenters. The zero-order valence-corrected chi connectivity index (χ0v) is 12.7. The van der Waals surface area contributed by atoms with E-state index in [9.17, 15) is 0 Å². The van der Waals surface area contributed by atoms with Crippen molar-refractivity contribution in [3.05, 3.63) is 42.2 Å². The summed E-state index contributed by atoms with van der Waals surface area (Å²) in [5.41, 5.74) is 1.38. The Morgan fingerprint density at radius 3 is 2.80 bits per heavy atom. The average molecular weight is 270 g/mol. The molecular formula is C18H26N2. The SMILES string of the molecule is CCCCC(CCC)NCc1cccc2cnccc12. The molecule has 20 heavy (non-hydrogen) atoms. The molecule has 0 aliphatic rings. The third-order valence-corrected chi connectivity index (χ3v) is 3.90. The fourth-order valence-electron chi connectivity index (χ4n) is 2.75. The maximum Gasteiger partial charge on any atom is 0.0346 e. The zero-order chi connectivity index (χ0) is 14.2. The van der Waals surface area contributed by atoms with Gasteiger partial charge in [-0.1, -0.05) is 51.3 Å². The first-order chi connectivity index (χ1) is 9.85. The number of hydrogen-bond acceptors (Lipinski definition) is 2. The number of unbranched alkanes of at least 4 members (excludes halogenated alkanes) is 1. The summed E-state index contributed by atoms with van der Waals surface area (Å²) in [4.78, 5) is 4.20. The first kappa shape index (κ1) is 15.0. The predicted molar refractivity (Wildman–Crippen MR) is 86.8 cm³/mol. The maximum absolute atomic E-state index is 4.20. The van der Waals surface area contributed by atoms with Gasteiger partial charge in [0.25, 0.3) is 0 Å². The molecule has 0 radical (unpaired) electrons. The average Bonchev–Trinajstić information content (AvgIpc) is 2.50. The number of aromatic nitrogens is 1. The molecular weight excluding hydrogens is 244 g/mol. The van der Waals surface area contributed by atoms with E-state index in [1.165, 1.54) is 48.4 Å². The molecule has 1 N–H and O–H groups in total. The van der Waals surface area contributed by atoms with Crippen molar-refractivity contribution < 1.29 is 0 Å². The molecule has 0 aliphatic heterocycles. The van der Waals surface area contributed by atoms with Gasteiger partial charge in [-0.25, -0.2) is 0 Å². The van der Waals surface area contributed by atoms with Crippen molar-refractivity contribution in [3.8, 4) is 0 Å². The fourth-order valence-corrected chi connectivity index (χ4v) is 2.75. The van der Waals surface area contributed by atoms with Crippen LogP contribution in [0.1, 0.15) is 51.5 Å². The Labute approximate surface area is 122 Å². The Balaban J connectivity index is 2.03. The highest BCUT2D eigenvalue weighted by atomic mass is 14.9. The molecule has 2 nitrogen and oxygen atoms in total. The monoisotopic (exact) mass is 270 g/mol. The molecule has 0 aliphatic carbocycles. The number of hydrogen-bond donors (Lipinski definition) is 1. The van der Waals surface area contributed by atoms with Crippen LogP contribution >= 0.6 is 0 Å². The van der Waals surface area contributed by atoms with Crippen LogP contribution in [-0.4, -0.2) is 11.0 Å². The van der Waals surface area contributed by atoms with E-state index in [1.54, 1.807) is 0 Å². The number of rotatable bonds is 8. The van der Waals surface area contributed by atoms with E-state index in [-0.39, 0.29) is 0 Å². The molecule has 0 amide bonds. The first-order valence-electron chi connectivity index (χ1n) is 7.90. The lowest BCUT2D eigenvalue weighted by atomic mass is 10.0. The normalized spacial score (nSPS) is 12.7. The van der Waals surface area contributed by atoms with Gasteiger partial charge in [-0.15, -0.1) is 0 Å². The lowest BCUT2D eigenvalue weighted by Crippen LogP contribution is -2.28. The summed E-state index contributed by atoms with van der Waals surface area (Å²) in [7, 11) is 0. The van der Waals surface area contributed by atoms with Crippen LogP contribution in [0.3, 0.4) is 0 Å². The van der Waals surface area contributed by atoms with Gasteiger partial charge in [0.1, 0.15) is 0 Å². The summed E-state index contributed by atoms with van der Waals surface area (Å²) in [5.74, 6) is 0. The number of fused-ring (bicyclic) bond motifs is 1. The van der Waals surface area contributed by atoms with Crippen LogP contribution in [-0.2, 0) is 6.54 Å². The van der Waals surface area contributed by atoms with Crippen molar-refractivity contribution >= 4 is 10.8 Å². The smallest absolute Gasteiger partial charge is 0.0346 e. The zero-order valence-electron chi connectivity index (χ0n) is 12.7. The highest BCUT2D eigenvalue weighted by molar-refractivity contribution is 5.84. The second-order valence-corrected chi connectivity index (χ2v) is 5.52. The highest BCUT2D eigenvalue weighted by Crippen LogP contribution is 2.18. The van der Waals surface area contributed by atoms with Crippen molar-refractivity contribution in [2.24, 2.45) is 0 Å². The van der Waals surface area contributed by atoms with Crippen LogP contribution < -0.4 is 5.32 Å². The minimum Gasteiger partial charge on any atom is -0.310 e. The van der Waals surface area contributed by atoms with Gasteiger partial charge in [0.15, 0.2) is 0 Å². The summed E-state index contributed by atoms with van der Waals surface area (Å²) in [6.07, 6.45) is 10.2. The summed E-state index contributed by atoms with van der Waals surface area (Å²) in [6, 6.07) is 9.25. The molecule has 0 saturated carbocycles. The predicted octanol–water partition coefficient (Wildman–Crippen LogP) is 4.68. The van der Waals surface area contributed by atoms with Crippen molar-refractivity contribution in [2.75, 3.05) is 0 Å². The van der Waals surface area contributed by atoms with Crippen LogP contribution in [0.2, 0.25) is 0 Å². The molecule has 2 aromatic rings. The molecule has 0 spiro atoms. The van der Waals surface area contributed by atoms with Gasteiger partial charge >= 0.3 is 0 Å². The Hall–Kier alpha value is -1.41. The Bertz CT molecular complexity index is 516. The van der Waals surface area contributed by atoms with Gasteiger partial charge in [-0.2, -0.15) is 0 Å². The maximum atomic E-state index is 4.20. The van der Waals surface area contributed by atoms with Crippen LogP contribution in [0, 0.1) is 0 Å². The van der Waals surface area contributed by atoms with E-state index < -0.39 is 0 Å². The topological polar surface area (TPSA) is 24.9 Å². The number of nitrogens with one attached hydrogen (secondary N) is 1. The molecule has 1 aromatic heterocycles. The lowest BCUT2D eigenvalue weighted by Gasteiger charge is -2.18. The van der Waals surface area contributed by atoms with Gasteiger partial charge < -0.3 is 5.32 Å². The van der Waals surface area contributed by atoms with Gasteiger partial charge in [-0.05, 0) is 29.9 Å². The quantitative estimate of drug-likeness (QED) is 0.753. The standard InChI is InChI=1S/C18H26N2/c1-3-5-10-17(7-4-2)20-14-16-9-6-8-15-13-19-12-11-18(15)16/h6,8-9,11-13,17,20H,3-5,7,10,14H2,1-2H3. The van der Waals surface area contributed by atoms with Gasteiger partial charge in [0.2, 0.25) is 0 Å². The van der Waals surface area contributed by atoms with Gasteiger partial charge in [-0.3, -0.25) is 4.98 Å². The number of benzene rings is 1. The third-order valence-electron chi connectivity index (χ3n) is 3.90. The van der Waals surface area contributed by atoms with Crippen LogP contribution in [0.4, 0.5) is 0 Å². The molecule has 1 heterocycles. The van der Waals surface area contributed by atoms with Crippen LogP contribution in [0.5, 0.6) is 0 Å². The van der Waals surface area contributed by atoms with Crippen LogP contribution in [0.25, 0.3) is 10.8 Å². The second-order valence-electron chi connectivity index (χ2n) is 5.52. The van der Waals surface area contributed by atoms with E-state index in [0.717, 1.165) is 6.54 Å². The largest absolute Gasteiger partial charge is 0.310 e. The van der Waals surface area contributed by atoms with Gasteiger partial charge in [0.05, 0.1) is 0 Å². The van der Waals surface area contributed by atoms with E-state index in [4.69, 9.17) is 0 Å². The number of nitrogens with zero attached hydrogens (tertiary/aromatic N) is 1. The molecule has 1 atom stereocenters. The summed E-state index contributed by atoms with van der Waals surface area (Å²) >= 11 is 0. The third kappa shape index (κ3) is 4.04. The lowest BCUT2D eigenvalue weighted by molar-refractivity contribution is 0.435. The minimum atomic E-state index is 0.650. The van der Waals surface area contributed by atoms with Crippen molar-refractivity contribution in [1.29, 1.82) is 0 Å². The van der Waals surface area contributed by atoms with E-state index in [1.807, 2.05) is 12.4 Å². The fraction of sp³-hybridized carbons (Fsp3) is 0.500.